The fourth-order valence-electron chi connectivity index (χ4n) is 3.02. The molecule has 0 atom stereocenters. The number of anilines is 1. The molecule has 7 nitrogen and oxygen atoms in total. The van der Waals surface area contributed by atoms with Crippen molar-refractivity contribution in [1.82, 2.24) is 14.8 Å². The summed E-state index contributed by atoms with van der Waals surface area (Å²) in [7, 11) is 1.60. The first-order valence-corrected chi connectivity index (χ1v) is 10.8. The number of hydrogen-bond acceptors (Lipinski definition) is 6. The molecule has 4 rings (SSSR count). The molecule has 0 aliphatic heterocycles. The number of carbonyl (C=O) groups is 1. The summed E-state index contributed by atoms with van der Waals surface area (Å²) >= 11 is 12.2. The van der Waals surface area contributed by atoms with Crippen LogP contribution < -0.4 is 14.8 Å². The first-order valence-electron chi connectivity index (χ1n) is 10.0. The Kier molecular flexibility index (Phi) is 7.12. The fourth-order valence-corrected chi connectivity index (χ4v) is 3.34. The minimum absolute atomic E-state index is 0.228. The summed E-state index contributed by atoms with van der Waals surface area (Å²) in [6.45, 7) is 0.138. The molecule has 0 aliphatic carbocycles. The summed E-state index contributed by atoms with van der Waals surface area (Å²) in [5.41, 5.74) is 1.60. The van der Waals surface area contributed by atoms with Crippen molar-refractivity contribution in [1.29, 1.82) is 0 Å². The van der Waals surface area contributed by atoms with Crippen molar-refractivity contribution in [3.05, 3.63) is 88.4 Å². The first kappa shape index (κ1) is 22.6. The van der Waals surface area contributed by atoms with Crippen LogP contribution in [0.5, 0.6) is 11.5 Å². The normalized spacial score (nSPS) is 10.6. The van der Waals surface area contributed by atoms with Gasteiger partial charge in [0.05, 0.1) is 7.11 Å². The molecule has 1 aromatic heterocycles. The number of nitrogens with zero attached hydrogens (tertiary/aromatic N) is 3. The Balaban J connectivity index is 1.57. The molecular formula is C24H20Cl2N4O3. The lowest BCUT2D eigenvalue weighted by Crippen LogP contribution is -2.22. The summed E-state index contributed by atoms with van der Waals surface area (Å²) in [5.74, 6) is 1.51. The molecule has 3 aromatic carbocycles. The molecule has 0 aliphatic rings. The van der Waals surface area contributed by atoms with Crippen LogP contribution in [0.25, 0.3) is 11.4 Å². The second kappa shape index (κ2) is 10.4. The summed E-state index contributed by atoms with van der Waals surface area (Å²) < 4.78 is 12.0. The van der Waals surface area contributed by atoms with Crippen LogP contribution in [-0.2, 0) is 6.54 Å². The first-order chi connectivity index (χ1) is 16.0. The molecule has 0 amide bonds. The zero-order chi connectivity index (χ0) is 23.2. The van der Waals surface area contributed by atoms with E-state index in [1.807, 2.05) is 30.3 Å². The SMILES string of the molecule is COc1ccc(-c2nc(NCc3ccccc3Cl)n(C(=O)COc3ccc(Cl)cc3)n2)cc1. The van der Waals surface area contributed by atoms with E-state index >= 15 is 0 Å². The smallest absolute Gasteiger partial charge is 0.287 e. The van der Waals surface area contributed by atoms with Crippen molar-refractivity contribution in [3.8, 4) is 22.9 Å². The van der Waals surface area contributed by atoms with Crippen LogP contribution in [0.1, 0.15) is 10.4 Å². The molecular weight excluding hydrogens is 463 g/mol. The van der Waals surface area contributed by atoms with Gasteiger partial charge in [-0.3, -0.25) is 4.79 Å². The van der Waals surface area contributed by atoms with Gasteiger partial charge in [-0.1, -0.05) is 41.4 Å². The van der Waals surface area contributed by atoms with Crippen LogP contribution in [0.3, 0.4) is 0 Å². The van der Waals surface area contributed by atoms with Crippen LogP contribution in [0, 0.1) is 0 Å². The Morgan fingerprint density at radius 1 is 0.970 bits per heavy atom. The third-order valence-electron chi connectivity index (χ3n) is 4.76. The molecule has 0 saturated heterocycles. The van der Waals surface area contributed by atoms with E-state index in [4.69, 9.17) is 32.7 Å². The number of benzene rings is 3. The van der Waals surface area contributed by atoms with Crippen molar-refractivity contribution >= 4 is 35.1 Å². The maximum atomic E-state index is 13.0. The van der Waals surface area contributed by atoms with Gasteiger partial charge in [-0.05, 0) is 60.2 Å². The highest BCUT2D eigenvalue weighted by atomic mass is 35.5. The second-order valence-corrected chi connectivity index (χ2v) is 7.82. The number of nitrogens with one attached hydrogen (secondary N) is 1. The third kappa shape index (κ3) is 5.63. The maximum Gasteiger partial charge on any atom is 0.287 e. The number of methoxy groups -OCH3 is 1. The van der Waals surface area contributed by atoms with Gasteiger partial charge in [0.1, 0.15) is 11.5 Å². The van der Waals surface area contributed by atoms with E-state index in [0.717, 1.165) is 11.1 Å². The van der Waals surface area contributed by atoms with Gasteiger partial charge in [-0.25, -0.2) is 0 Å². The van der Waals surface area contributed by atoms with Gasteiger partial charge < -0.3 is 14.8 Å². The summed E-state index contributed by atoms with van der Waals surface area (Å²) in [6, 6.07) is 21.5. The lowest BCUT2D eigenvalue weighted by Gasteiger charge is -2.09. The predicted molar refractivity (Wildman–Crippen MR) is 128 cm³/mol. The molecule has 9 heteroatoms. The van der Waals surface area contributed by atoms with Crippen molar-refractivity contribution in [2.45, 2.75) is 6.54 Å². The molecule has 0 saturated carbocycles. The molecule has 33 heavy (non-hydrogen) atoms. The van der Waals surface area contributed by atoms with E-state index in [1.165, 1.54) is 4.68 Å². The fraction of sp³-hybridized carbons (Fsp3) is 0.125. The van der Waals surface area contributed by atoms with Crippen LogP contribution in [0.4, 0.5) is 5.95 Å². The maximum absolute atomic E-state index is 13.0. The highest BCUT2D eigenvalue weighted by molar-refractivity contribution is 6.31. The summed E-state index contributed by atoms with van der Waals surface area (Å²) in [5, 5.41) is 8.77. The average Bonchev–Trinajstić information content (AvgIpc) is 3.27. The Morgan fingerprint density at radius 3 is 2.36 bits per heavy atom. The Morgan fingerprint density at radius 2 is 1.67 bits per heavy atom. The lowest BCUT2D eigenvalue weighted by molar-refractivity contribution is 0.0824. The van der Waals surface area contributed by atoms with Gasteiger partial charge in [0.25, 0.3) is 5.91 Å². The van der Waals surface area contributed by atoms with Gasteiger partial charge in [0.2, 0.25) is 5.95 Å². The van der Waals surface area contributed by atoms with Crippen LogP contribution >= 0.6 is 23.2 Å². The quantitative estimate of drug-likeness (QED) is 0.352. The molecule has 0 fully saturated rings. The molecule has 1 N–H and O–H groups in total. The van der Waals surface area contributed by atoms with Crippen molar-refractivity contribution in [3.63, 3.8) is 0 Å². The predicted octanol–water partition coefficient (Wildman–Crippen LogP) is 5.59. The zero-order valence-corrected chi connectivity index (χ0v) is 19.2. The minimum atomic E-state index is -0.390. The van der Waals surface area contributed by atoms with Crippen molar-refractivity contribution < 1.29 is 14.3 Å². The van der Waals surface area contributed by atoms with E-state index in [0.29, 0.717) is 33.9 Å². The van der Waals surface area contributed by atoms with Crippen molar-refractivity contribution in [2.24, 2.45) is 0 Å². The van der Waals surface area contributed by atoms with Gasteiger partial charge in [0.15, 0.2) is 12.4 Å². The average molecular weight is 483 g/mol. The molecule has 168 valence electrons. The summed E-state index contributed by atoms with van der Waals surface area (Å²) in [6.07, 6.45) is 0. The van der Waals surface area contributed by atoms with E-state index in [-0.39, 0.29) is 18.5 Å². The topological polar surface area (TPSA) is 78.3 Å². The Labute approximate surface area is 200 Å². The highest BCUT2D eigenvalue weighted by Gasteiger charge is 2.18. The van der Waals surface area contributed by atoms with Gasteiger partial charge >= 0.3 is 0 Å². The van der Waals surface area contributed by atoms with Gasteiger partial charge in [-0.2, -0.15) is 9.67 Å². The van der Waals surface area contributed by atoms with E-state index < -0.39 is 0 Å². The number of hydrogen-bond donors (Lipinski definition) is 1. The van der Waals surface area contributed by atoms with Crippen molar-refractivity contribution in [2.75, 3.05) is 19.0 Å². The number of carbonyl (C=O) groups excluding carboxylic acids is 1. The number of halogens is 2. The molecule has 4 aromatic rings. The molecule has 0 unspecified atom stereocenters. The molecule has 1 heterocycles. The number of ether oxygens (including phenoxy) is 2. The lowest BCUT2D eigenvalue weighted by atomic mass is 10.2. The van der Waals surface area contributed by atoms with E-state index in [1.54, 1.807) is 49.6 Å². The summed E-state index contributed by atoms with van der Waals surface area (Å²) in [4.78, 5) is 17.5. The number of rotatable bonds is 8. The molecule has 0 radical (unpaired) electrons. The Hall–Kier alpha value is -3.55. The monoisotopic (exact) mass is 482 g/mol. The standard InChI is InChI=1S/C24H20Cl2N4O3/c1-32-19-10-6-16(7-11-19)23-28-24(27-14-17-4-2-3-5-21(17)26)30(29-23)22(31)15-33-20-12-8-18(25)9-13-20/h2-13H,14-15H2,1H3,(H,27,28,29). The Bertz CT molecular complexity index is 1240. The van der Waals surface area contributed by atoms with Crippen LogP contribution in [0.15, 0.2) is 72.8 Å². The second-order valence-electron chi connectivity index (χ2n) is 6.98. The molecule has 0 spiro atoms. The van der Waals surface area contributed by atoms with E-state index in [9.17, 15) is 4.79 Å². The largest absolute Gasteiger partial charge is 0.497 e. The highest BCUT2D eigenvalue weighted by Crippen LogP contribution is 2.23. The number of aromatic nitrogens is 3. The van der Waals surface area contributed by atoms with E-state index in [2.05, 4.69) is 15.4 Å². The van der Waals surface area contributed by atoms with Crippen LogP contribution in [0.2, 0.25) is 10.0 Å². The minimum Gasteiger partial charge on any atom is -0.497 e. The van der Waals surface area contributed by atoms with Crippen LogP contribution in [-0.4, -0.2) is 34.4 Å². The van der Waals surface area contributed by atoms with Gasteiger partial charge in [-0.15, -0.1) is 5.10 Å². The molecule has 0 bridgehead atoms. The zero-order valence-electron chi connectivity index (χ0n) is 17.7. The third-order valence-corrected chi connectivity index (χ3v) is 5.38. The van der Waals surface area contributed by atoms with Gasteiger partial charge in [0, 0.05) is 22.2 Å².